The number of carboxylic acids is 1. The highest BCUT2D eigenvalue weighted by Crippen LogP contribution is 2.27. The number of aromatic nitrogens is 2. The summed E-state index contributed by atoms with van der Waals surface area (Å²) in [5, 5.41) is 27.6. The Bertz CT molecular complexity index is 675. The summed E-state index contributed by atoms with van der Waals surface area (Å²) in [7, 11) is 0. The first-order valence-electron chi connectivity index (χ1n) is 6.11. The minimum atomic E-state index is -1.25. The van der Waals surface area contributed by atoms with Gasteiger partial charge < -0.3 is 20.1 Å². The highest BCUT2D eigenvalue weighted by molar-refractivity contribution is 5.85. The molecule has 1 saturated heterocycles. The van der Waals surface area contributed by atoms with Crippen LogP contribution in [0.25, 0.3) is 6.08 Å². The van der Waals surface area contributed by atoms with Crippen molar-refractivity contribution in [3.8, 4) is 0 Å². The number of aliphatic carboxylic acids is 1. The lowest BCUT2D eigenvalue weighted by atomic mass is 10.1. The summed E-state index contributed by atoms with van der Waals surface area (Å²) in [4.78, 5) is 35.8. The van der Waals surface area contributed by atoms with E-state index in [4.69, 9.17) is 14.9 Å². The van der Waals surface area contributed by atoms with E-state index in [-0.39, 0.29) is 18.8 Å². The smallest absolute Gasteiger partial charge is 0.330 e. The minimum absolute atomic E-state index is 0.0637. The van der Waals surface area contributed by atoms with E-state index >= 15 is 0 Å². The van der Waals surface area contributed by atoms with Crippen molar-refractivity contribution in [3.63, 3.8) is 0 Å². The normalized spacial score (nSPS) is 25.5. The van der Waals surface area contributed by atoms with Gasteiger partial charge in [-0.3, -0.25) is 14.3 Å². The summed E-state index contributed by atoms with van der Waals surface area (Å²) in [5.41, 5.74) is -1.62. The summed E-state index contributed by atoms with van der Waals surface area (Å²) < 4.78 is 6.21. The second-order valence-corrected chi connectivity index (χ2v) is 4.58. The van der Waals surface area contributed by atoms with Crippen molar-refractivity contribution in [1.29, 1.82) is 0 Å². The molecule has 0 radical (unpaired) electrons. The molecule has 0 bridgehead atoms. The molecule has 114 valence electrons. The average molecular weight is 298 g/mol. The van der Waals surface area contributed by atoms with Crippen molar-refractivity contribution in [1.82, 2.24) is 9.55 Å². The van der Waals surface area contributed by atoms with E-state index in [0.717, 1.165) is 22.9 Å². The standard InChI is InChI=1S/C12H14N2O7/c15-4-7-5-21-11(9(7)18)14-3-6(1-2-8(16)17)10(19)13-12(14)20/h1-3,7,9,11,15,18H,4-5H2,(H,16,17)(H,13,19,20)/b2-1+/t7-,9+,11-/m0/s1. The van der Waals surface area contributed by atoms with Crippen LogP contribution in [0.3, 0.4) is 0 Å². The van der Waals surface area contributed by atoms with Gasteiger partial charge in [0.2, 0.25) is 0 Å². The van der Waals surface area contributed by atoms with Gasteiger partial charge in [0.15, 0.2) is 6.23 Å². The molecule has 2 heterocycles. The van der Waals surface area contributed by atoms with E-state index in [0.29, 0.717) is 0 Å². The van der Waals surface area contributed by atoms with Crippen LogP contribution >= 0.6 is 0 Å². The Kier molecular flexibility index (Phi) is 4.36. The Labute approximate surface area is 117 Å². The second kappa shape index (κ2) is 6.04. The van der Waals surface area contributed by atoms with Gasteiger partial charge >= 0.3 is 11.7 Å². The Morgan fingerprint density at radius 3 is 2.81 bits per heavy atom. The zero-order valence-electron chi connectivity index (χ0n) is 10.8. The number of aliphatic hydroxyl groups excluding tert-OH is 2. The molecule has 9 nitrogen and oxygen atoms in total. The van der Waals surface area contributed by atoms with Gasteiger partial charge in [0.1, 0.15) is 6.10 Å². The summed E-state index contributed by atoms with van der Waals surface area (Å²) in [6.07, 6.45) is 0.719. The van der Waals surface area contributed by atoms with Gasteiger partial charge in [0.05, 0.1) is 18.8 Å². The van der Waals surface area contributed by atoms with Crippen molar-refractivity contribution in [2.45, 2.75) is 12.3 Å². The van der Waals surface area contributed by atoms with Crippen molar-refractivity contribution in [3.05, 3.63) is 38.7 Å². The highest BCUT2D eigenvalue weighted by atomic mass is 16.5. The van der Waals surface area contributed by atoms with Gasteiger partial charge in [-0.25, -0.2) is 9.59 Å². The predicted octanol–water partition coefficient (Wildman–Crippen LogP) is -1.87. The molecule has 1 aromatic heterocycles. The van der Waals surface area contributed by atoms with Crippen molar-refractivity contribution in [2.75, 3.05) is 13.2 Å². The van der Waals surface area contributed by atoms with E-state index in [2.05, 4.69) is 0 Å². The van der Waals surface area contributed by atoms with Crippen molar-refractivity contribution in [2.24, 2.45) is 5.92 Å². The Morgan fingerprint density at radius 2 is 2.24 bits per heavy atom. The molecule has 4 N–H and O–H groups in total. The third-order valence-electron chi connectivity index (χ3n) is 3.17. The molecule has 1 aromatic rings. The van der Waals surface area contributed by atoms with Crippen LogP contribution in [0.4, 0.5) is 0 Å². The van der Waals surface area contributed by atoms with Crippen LogP contribution < -0.4 is 11.2 Å². The molecule has 1 fully saturated rings. The van der Waals surface area contributed by atoms with Crippen molar-refractivity contribution >= 4 is 12.0 Å². The van der Waals surface area contributed by atoms with Crippen LogP contribution in [0.1, 0.15) is 11.8 Å². The van der Waals surface area contributed by atoms with Crippen LogP contribution in [0.2, 0.25) is 0 Å². The van der Waals surface area contributed by atoms with E-state index in [1.54, 1.807) is 0 Å². The summed E-state index contributed by atoms with van der Waals surface area (Å²) in [5.74, 6) is -1.78. The number of nitrogens with zero attached hydrogens (tertiary/aromatic N) is 1. The first-order chi connectivity index (χ1) is 9.93. The van der Waals surface area contributed by atoms with Gasteiger partial charge in [-0.2, -0.15) is 0 Å². The quantitative estimate of drug-likeness (QED) is 0.477. The maximum absolute atomic E-state index is 11.8. The van der Waals surface area contributed by atoms with Crippen LogP contribution in [-0.4, -0.2) is 50.2 Å². The van der Waals surface area contributed by atoms with E-state index in [9.17, 15) is 19.5 Å². The van der Waals surface area contributed by atoms with Gasteiger partial charge in [-0.1, -0.05) is 0 Å². The minimum Gasteiger partial charge on any atom is -0.478 e. The maximum atomic E-state index is 11.8. The number of rotatable bonds is 4. The Balaban J connectivity index is 2.41. The lowest BCUT2D eigenvalue weighted by Crippen LogP contribution is -2.37. The van der Waals surface area contributed by atoms with Gasteiger partial charge in [-0.05, 0) is 6.08 Å². The number of carbonyl (C=O) groups is 1. The Hall–Kier alpha value is -2.23. The molecular weight excluding hydrogens is 284 g/mol. The third kappa shape index (κ3) is 3.10. The molecule has 0 saturated carbocycles. The zero-order valence-corrected chi connectivity index (χ0v) is 10.8. The molecule has 0 aliphatic carbocycles. The number of nitrogens with one attached hydrogen (secondary N) is 1. The number of hydrogen-bond donors (Lipinski definition) is 4. The maximum Gasteiger partial charge on any atom is 0.330 e. The molecular formula is C12H14N2O7. The van der Waals surface area contributed by atoms with Gasteiger partial charge in [0.25, 0.3) is 5.56 Å². The summed E-state index contributed by atoms with van der Waals surface area (Å²) in [6, 6.07) is 0. The highest BCUT2D eigenvalue weighted by Gasteiger charge is 2.37. The molecule has 3 atom stereocenters. The van der Waals surface area contributed by atoms with Crippen LogP contribution in [0.5, 0.6) is 0 Å². The first-order valence-corrected chi connectivity index (χ1v) is 6.11. The lowest BCUT2D eigenvalue weighted by molar-refractivity contribution is -0.131. The van der Waals surface area contributed by atoms with E-state index < -0.39 is 35.5 Å². The molecule has 0 unspecified atom stereocenters. The second-order valence-electron chi connectivity index (χ2n) is 4.58. The first kappa shape index (κ1) is 15.2. The SMILES string of the molecule is O=C(O)/C=C/c1cn([C@H]2OC[C@H](CO)[C@H]2O)c(=O)[nH]c1=O. The van der Waals surface area contributed by atoms with Gasteiger partial charge in [-0.15, -0.1) is 0 Å². The average Bonchev–Trinajstić information content (AvgIpc) is 2.78. The number of ether oxygens (including phenoxy) is 1. The molecule has 0 aromatic carbocycles. The van der Waals surface area contributed by atoms with E-state index in [1.165, 1.54) is 0 Å². The van der Waals surface area contributed by atoms with E-state index in [1.807, 2.05) is 4.98 Å². The number of carboxylic acid groups (broad SMARTS) is 1. The van der Waals surface area contributed by atoms with Crippen LogP contribution in [0, 0.1) is 5.92 Å². The van der Waals surface area contributed by atoms with Crippen molar-refractivity contribution < 1.29 is 24.9 Å². The lowest BCUT2D eigenvalue weighted by Gasteiger charge is -2.18. The third-order valence-corrected chi connectivity index (χ3v) is 3.17. The number of aromatic amines is 1. The number of H-pyrrole nitrogens is 1. The largest absolute Gasteiger partial charge is 0.478 e. The molecule has 0 spiro atoms. The van der Waals surface area contributed by atoms with Gasteiger partial charge in [0, 0.05) is 18.2 Å². The fourth-order valence-electron chi connectivity index (χ4n) is 2.03. The molecule has 2 rings (SSSR count). The fraction of sp³-hybridized carbons (Fsp3) is 0.417. The topological polar surface area (TPSA) is 142 Å². The molecule has 1 aliphatic heterocycles. The monoisotopic (exact) mass is 298 g/mol. The summed E-state index contributed by atoms with van der Waals surface area (Å²) in [6.45, 7) is -0.240. The number of hydrogen-bond acceptors (Lipinski definition) is 6. The van der Waals surface area contributed by atoms with Crippen LogP contribution in [0.15, 0.2) is 21.9 Å². The number of aliphatic hydroxyl groups is 2. The predicted molar refractivity (Wildman–Crippen MR) is 69.6 cm³/mol. The Morgan fingerprint density at radius 1 is 1.52 bits per heavy atom. The van der Waals surface area contributed by atoms with Crippen LogP contribution in [-0.2, 0) is 9.53 Å². The zero-order chi connectivity index (χ0) is 15.6. The molecule has 21 heavy (non-hydrogen) atoms. The summed E-state index contributed by atoms with van der Waals surface area (Å²) >= 11 is 0. The molecule has 9 heteroatoms. The molecule has 0 amide bonds. The molecule has 1 aliphatic rings. The fourth-order valence-corrected chi connectivity index (χ4v) is 2.03.